The number of thiophene rings is 1. The van der Waals surface area contributed by atoms with E-state index in [1.165, 1.54) is 54.8 Å². The molecule has 1 atom stereocenters. The number of methoxy groups -OCH3 is 1. The number of sulfone groups is 1. The zero-order valence-electron chi connectivity index (χ0n) is 16.1. The smallest absolute Gasteiger partial charge is 0.257 e. The minimum atomic E-state index is -3.76. The molecule has 1 N–H and O–H groups in total. The first kappa shape index (κ1) is 21.8. The van der Waals surface area contributed by atoms with Crippen molar-refractivity contribution in [3.8, 4) is 11.5 Å². The maximum absolute atomic E-state index is 13.2. The molecule has 30 heavy (non-hydrogen) atoms. The van der Waals surface area contributed by atoms with Crippen molar-refractivity contribution in [2.24, 2.45) is 0 Å². The number of hydrogen-bond acceptors (Lipinski definition) is 6. The lowest BCUT2D eigenvalue weighted by Crippen LogP contribution is -2.34. The Hall–Kier alpha value is -2.91. The van der Waals surface area contributed by atoms with E-state index in [1.807, 2.05) is 0 Å². The average molecular weight is 450 g/mol. The first-order valence-electron chi connectivity index (χ1n) is 8.96. The monoisotopic (exact) mass is 449 g/mol. The van der Waals surface area contributed by atoms with Crippen LogP contribution in [0.3, 0.4) is 0 Å². The van der Waals surface area contributed by atoms with Gasteiger partial charge in [-0.2, -0.15) is 0 Å². The van der Waals surface area contributed by atoms with E-state index in [4.69, 9.17) is 9.47 Å². The van der Waals surface area contributed by atoms with Crippen LogP contribution in [0, 0.1) is 5.82 Å². The summed E-state index contributed by atoms with van der Waals surface area (Å²) >= 11 is 1.30. The van der Waals surface area contributed by atoms with Gasteiger partial charge in [-0.3, -0.25) is 4.79 Å². The van der Waals surface area contributed by atoms with E-state index >= 15 is 0 Å². The van der Waals surface area contributed by atoms with Gasteiger partial charge in [0.25, 0.3) is 5.91 Å². The second kappa shape index (κ2) is 9.73. The Kier molecular flexibility index (Phi) is 7.07. The van der Waals surface area contributed by atoms with Gasteiger partial charge in [-0.1, -0.05) is 6.07 Å². The Morgan fingerprint density at radius 2 is 1.73 bits per heavy atom. The fraction of sp³-hybridized carbons (Fsp3) is 0.190. The Balaban J connectivity index is 1.69. The van der Waals surface area contributed by atoms with Crippen LogP contribution in [-0.4, -0.2) is 34.6 Å². The normalized spacial score (nSPS) is 12.2. The van der Waals surface area contributed by atoms with Crippen molar-refractivity contribution in [2.75, 3.05) is 20.3 Å². The Morgan fingerprint density at radius 3 is 2.33 bits per heavy atom. The van der Waals surface area contributed by atoms with Crippen LogP contribution in [-0.2, 0) is 14.6 Å². The van der Waals surface area contributed by atoms with E-state index < -0.39 is 26.8 Å². The summed E-state index contributed by atoms with van der Waals surface area (Å²) in [4.78, 5) is 12.9. The molecule has 0 radical (unpaired) electrons. The van der Waals surface area contributed by atoms with E-state index in [0.29, 0.717) is 16.4 Å². The molecule has 6 nitrogen and oxygen atoms in total. The third kappa shape index (κ3) is 5.37. The molecule has 0 aliphatic rings. The van der Waals surface area contributed by atoms with Crippen LogP contribution in [0.5, 0.6) is 11.5 Å². The van der Waals surface area contributed by atoms with Crippen LogP contribution in [0.2, 0.25) is 0 Å². The lowest BCUT2D eigenvalue weighted by molar-refractivity contribution is -0.123. The van der Waals surface area contributed by atoms with E-state index in [1.54, 1.807) is 29.6 Å². The molecule has 0 saturated carbocycles. The molecule has 0 unspecified atom stereocenters. The maximum atomic E-state index is 13.2. The van der Waals surface area contributed by atoms with Crippen LogP contribution in [0.25, 0.3) is 0 Å². The average Bonchev–Trinajstić information content (AvgIpc) is 3.27. The van der Waals surface area contributed by atoms with Crippen LogP contribution in [0.4, 0.5) is 4.39 Å². The van der Waals surface area contributed by atoms with Crippen LogP contribution in [0.1, 0.15) is 10.1 Å². The summed E-state index contributed by atoms with van der Waals surface area (Å²) in [7, 11) is -2.26. The number of rotatable bonds is 9. The van der Waals surface area contributed by atoms with E-state index in [0.717, 1.165) is 0 Å². The lowest BCUT2D eigenvalue weighted by atomic mass is 10.3. The zero-order chi connectivity index (χ0) is 21.6. The molecule has 0 fully saturated rings. The molecule has 3 aromatic rings. The molecule has 0 saturated heterocycles. The van der Waals surface area contributed by atoms with Gasteiger partial charge < -0.3 is 14.8 Å². The van der Waals surface area contributed by atoms with E-state index in [2.05, 4.69) is 5.32 Å². The van der Waals surface area contributed by atoms with Crippen molar-refractivity contribution >= 4 is 27.1 Å². The molecular weight excluding hydrogens is 429 g/mol. The maximum Gasteiger partial charge on any atom is 0.257 e. The fourth-order valence-electron chi connectivity index (χ4n) is 2.70. The number of carbonyl (C=O) groups excluding carboxylic acids is 1. The molecule has 158 valence electrons. The van der Waals surface area contributed by atoms with Crippen molar-refractivity contribution in [2.45, 2.75) is 10.1 Å². The summed E-state index contributed by atoms with van der Waals surface area (Å²) in [6.45, 7) is -0.425. The Bertz CT molecular complexity index is 1070. The highest BCUT2D eigenvalue weighted by Gasteiger charge is 2.30. The fourth-order valence-corrected chi connectivity index (χ4v) is 5.49. The zero-order valence-corrected chi connectivity index (χ0v) is 17.7. The summed E-state index contributed by atoms with van der Waals surface area (Å²) in [5.74, 6) is 0.000205. The molecule has 0 aliphatic heterocycles. The van der Waals surface area contributed by atoms with E-state index in [-0.39, 0.29) is 18.0 Å². The number of benzene rings is 2. The van der Waals surface area contributed by atoms with Gasteiger partial charge in [-0.05, 0) is 60.0 Å². The predicted molar refractivity (Wildman–Crippen MR) is 112 cm³/mol. The second-order valence-corrected chi connectivity index (χ2v) is 9.38. The Labute approximate surface area is 178 Å². The molecule has 3 rings (SSSR count). The predicted octanol–water partition coefficient (Wildman–Crippen LogP) is 3.61. The molecule has 0 bridgehead atoms. The van der Waals surface area contributed by atoms with Gasteiger partial charge in [0.1, 0.15) is 22.6 Å². The van der Waals surface area contributed by atoms with E-state index in [9.17, 15) is 17.6 Å². The standard InChI is InChI=1S/C21H20FNO5S2/c1-27-16-8-10-18(11-9-16)30(25,26)20(19-3-2-12-29-19)13-23-21(24)14-28-17-6-4-15(22)5-7-17/h2-12,20H,13-14H2,1H3,(H,23,24)/t20-/m0/s1. The first-order chi connectivity index (χ1) is 14.4. The van der Waals surface area contributed by atoms with Crippen molar-refractivity contribution in [1.29, 1.82) is 0 Å². The summed E-state index contributed by atoms with van der Waals surface area (Å²) in [6, 6.07) is 14.9. The van der Waals surface area contributed by atoms with Gasteiger partial charge >= 0.3 is 0 Å². The van der Waals surface area contributed by atoms with Crippen LogP contribution < -0.4 is 14.8 Å². The third-order valence-electron chi connectivity index (χ3n) is 4.29. The van der Waals surface area contributed by atoms with Crippen molar-refractivity contribution in [3.05, 3.63) is 76.7 Å². The van der Waals surface area contributed by atoms with Crippen molar-refractivity contribution in [3.63, 3.8) is 0 Å². The minimum absolute atomic E-state index is 0.111. The largest absolute Gasteiger partial charge is 0.497 e. The molecule has 1 heterocycles. The van der Waals surface area contributed by atoms with Crippen LogP contribution in [0.15, 0.2) is 70.9 Å². The summed E-state index contributed by atoms with van der Waals surface area (Å²) in [5, 5.41) is 3.46. The molecule has 0 spiro atoms. The molecule has 2 aromatic carbocycles. The van der Waals surface area contributed by atoms with Gasteiger partial charge in [-0.25, -0.2) is 12.8 Å². The number of amides is 1. The third-order valence-corrected chi connectivity index (χ3v) is 7.53. The van der Waals surface area contributed by atoms with Gasteiger partial charge in [0.2, 0.25) is 0 Å². The highest BCUT2D eigenvalue weighted by atomic mass is 32.2. The second-order valence-electron chi connectivity index (χ2n) is 6.27. The Morgan fingerprint density at radius 1 is 1.07 bits per heavy atom. The van der Waals surface area contributed by atoms with Gasteiger partial charge in [0.05, 0.1) is 12.0 Å². The topological polar surface area (TPSA) is 81.7 Å². The summed E-state index contributed by atoms with van der Waals surface area (Å²) in [6.07, 6.45) is 0. The van der Waals surface area contributed by atoms with Gasteiger partial charge in [-0.15, -0.1) is 11.3 Å². The highest BCUT2D eigenvalue weighted by molar-refractivity contribution is 7.91. The van der Waals surface area contributed by atoms with Gasteiger partial charge in [0, 0.05) is 11.4 Å². The minimum Gasteiger partial charge on any atom is -0.497 e. The quantitative estimate of drug-likeness (QED) is 0.540. The number of nitrogens with one attached hydrogen (secondary N) is 1. The van der Waals surface area contributed by atoms with Crippen molar-refractivity contribution < 1.29 is 27.1 Å². The summed E-state index contributed by atoms with van der Waals surface area (Å²) < 4.78 is 49.7. The summed E-state index contributed by atoms with van der Waals surface area (Å²) in [5.41, 5.74) is 0. The molecule has 1 amide bonds. The number of hydrogen-bond donors (Lipinski definition) is 1. The SMILES string of the molecule is COc1ccc(S(=O)(=O)[C@@H](CNC(=O)COc2ccc(F)cc2)c2cccs2)cc1. The van der Waals surface area contributed by atoms with Crippen LogP contribution >= 0.6 is 11.3 Å². The van der Waals surface area contributed by atoms with Crippen molar-refractivity contribution in [1.82, 2.24) is 5.32 Å². The molecule has 1 aromatic heterocycles. The molecule has 9 heteroatoms. The highest BCUT2D eigenvalue weighted by Crippen LogP contribution is 2.32. The number of carbonyl (C=O) groups is 1. The number of ether oxygens (including phenoxy) is 2. The first-order valence-corrected chi connectivity index (χ1v) is 11.4. The molecular formula is C21H20FNO5S2. The van der Waals surface area contributed by atoms with Gasteiger partial charge in [0.15, 0.2) is 16.4 Å². The lowest BCUT2D eigenvalue weighted by Gasteiger charge is -2.18. The molecule has 0 aliphatic carbocycles. The number of halogens is 1.